The molecule has 0 spiro atoms. The number of rotatable bonds is 2. The Bertz CT molecular complexity index is 1190. The number of aromatic nitrogens is 3. The second-order valence-corrected chi connectivity index (χ2v) is 8.31. The lowest BCUT2D eigenvalue weighted by Gasteiger charge is -2.31. The summed E-state index contributed by atoms with van der Waals surface area (Å²) < 4.78 is 2.07. The first-order chi connectivity index (χ1) is 13.4. The summed E-state index contributed by atoms with van der Waals surface area (Å²) in [7, 11) is 0. The minimum atomic E-state index is -1.00. The zero-order chi connectivity index (χ0) is 19.5. The number of nitrogens with two attached hydrogens (primary N) is 1. The fourth-order valence-corrected chi connectivity index (χ4v) is 4.23. The molecule has 5 rings (SSSR count). The van der Waals surface area contributed by atoms with Crippen LogP contribution in [0.3, 0.4) is 0 Å². The van der Waals surface area contributed by atoms with Gasteiger partial charge in [-0.15, -0.1) is 0 Å². The van der Waals surface area contributed by atoms with Crippen molar-refractivity contribution < 1.29 is 5.11 Å². The molecule has 4 aromatic rings. The van der Waals surface area contributed by atoms with Gasteiger partial charge in [-0.1, -0.05) is 12.1 Å². The molecule has 1 saturated heterocycles. The van der Waals surface area contributed by atoms with Crippen LogP contribution >= 0.6 is 0 Å². The molecule has 1 atom stereocenters. The minimum Gasteiger partial charge on any atom is -0.386 e. The molecule has 3 aromatic heterocycles. The molecule has 0 saturated carbocycles. The summed E-state index contributed by atoms with van der Waals surface area (Å²) in [6.07, 6.45) is 2.15. The van der Waals surface area contributed by atoms with Crippen molar-refractivity contribution in [2.45, 2.75) is 38.3 Å². The van der Waals surface area contributed by atoms with E-state index >= 15 is 0 Å². The van der Waals surface area contributed by atoms with Gasteiger partial charge in [-0.25, -0.2) is 9.97 Å². The molecule has 0 radical (unpaired) electrons. The molecule has 6 nitrogen and oxygen atoms in total. The van der Waals surface area contributed by atoms with Crippen LogP contribution in [0.15, 0.2) is 42.5 Å². The maximum Gasteiger partial charge on any atom is 0.148 e. The molecule has 1 fully saturated rings. The molecule has 1 aromatic carbocycles. The van der Waals surface area contributed by atoms with E-state index in [1.807, 2.05) is 30.3 Å². The summed E-state index contributed by atoms with van der Waals surface area (Å²) in [6.45, 7) is 5.39. The third-order valence-electron chi connectivity index (χ3n) is 5.64. The molecule has 28 heavy (non-hydrogen) atoms. The molecule has 0 amide bonds. The summed E-state index contributed by atoms with van der Waals surface area (Å²) in [4.78, 5) is 12.1. The Kier molecular flexibility index (Phi) is 3.82. The highest BCUT2D eigenvalue weighted by atomic mass is 16.3. The summed E-state index contributed by atoms with van der Waals surface area (Å²) >= 11 is 0. The lowest BCUT2D eigenvalue weighted by atomic mass is 9.98. The lowest BCUT2D eigenvalue weighted by Crippen LogP contribution is -2.43. The van der Waals surface area contributed by atoms with Crippen LogP contribution in [0.1, 0.15) is 32.3 Å². The molecular formula is C22H25N5O. The van der Waals surface area contributed by atoms with Gasteiger partial charge in [0.15, 0.2) is 0 Å². The maximum absolute atomic E-state index is 10.8. The first-order valence-electron chi connectivity index (χ1n) is 9.86. The van der Waals surface area contributed by atoms with Crippen molar-refractivity contribution in [3.63, 3.8) is 0 Å². The molecule has 4 heterocycles. The standard InChI is InChI=1S/C22H25N5O/c1-22(2,28)16-12-14-9-10-19(26-11-5-6-15(23)13-26)25-20(14)27-18-8-4-3-7-17(18)24-21(16)27/h3-4,7-10,12,15,28H,5-6,11,13,23H2,1-2H3/t15-/m0/s1. The van der Waals surface area contributed by atoms with Crippen LogP contribution in [0, 0.1) is 0 Å². The fourth-order valence-electron chi connectivity index (χ4n) is 4.23. The average Bonchev–Trinajstić information content (AvgIpc) is 3.06. The van der Waals surface area contributed by atoms with Gasteiger partial charge in [-0.05, 0) is 57.0 Å². The zero-order valence-corrected chi connectivity index (χ0v) is 16.3. The highest BCUT2D eigenvalue weighted by molar-refractivity contribution is 5.91. The predicted octanol–water partition coefficient (Wildman–Crippen LogP) is 3.19. The zero-order valence-electron chi connectivity index (χ0n) is 16.3. The number of nitrogens with zero attached hydrogens (tertiary/aromatic N) is 4. The highest BCUT2D eigenvalue weighted by Crippen LogP contribution is 2.32. The van der Waals surface area contributed by atoms with E-state index in [0.29, 0.717) is 0 Å². The smallest absolute Gasteiger partial charge is 0.148 e. The Morgan fingerprint density at radius 1 is 1.11 bits per heavy atom. The van der Waals surface area contributed by atoms with E-state index in [-0.39, 0.29) is 6.04 Å². The van der Waals surface area contributed by atoms with Gasteiger partial charge >= 0.3 is 0 Å². The van der Waals surface area contributed by atoms with Crippen LogP contribution in [0.25, 0.3) is 27.7 Å². The first-order valence-corrected chi connectivity index (χ1v) is 9.86. The van der Waals surface area contributed by atoms with Gasteiger partial charge in [-0.2, -0.15) is 0 Å². The summed E-state index contributed by atoms with van der Waals surface area (Å²) in [5.41, 5.74) is 9.47. The number of hydrogen-bond donors (Lipinski definition) is 2. The number of fused-ring (bicyclic) bond motifs is 5. The second kappa shape index (κ2) is 6.15. The Morgan fingerprint density at radius 2 is 1.93 bits per heavy atom. The van der Waals surface area contributed by atoms with Crippen molar-refractivity contribution >= 4 is 33.5 Å². The summed E-state index contributed by atoms with van der Waals surface area (Å²) in [5.74, 6) is 0.942. The minimum absolute atomic E-state index is 0.193. The van der Waals surface area contributed by atoms with Gasteiger partial charge in [0.2, 0.25) is 0 Å². The van der Waals surface area contributed by atoms with E-state index in [2.05, 4.69) is 21.4 Å². The number of para-hydroxylation sites is 2. The number of hydrogen-bond acceptors (Lipinski definition) is 5. The third-order valence-corrected chi connectivity index (χ3v) is 5.64. The van der Waals surface area contributed by atoms with Gasteiger partial charge < -0.3 is 15.7 Å². The van der Waals surface area contributed by atoms with Crippen molar-refractivity contribution in [3.05, 3.63) is 48.0 Å². The summed E-state index contributed by atoms with van der Waals surface area (Å²) in [5, 5.41) is 11.7. The quantitative estimate of drug-likeness (QED) is 0.562. The van der Waals surface area contributed by atoms with Gasteiger partial charge in [0.05, 0.1) is 16.6 Å². The highest BCUT2D eigenvalue weighted by Gasteiger charge is 2.25. The van der Waals surface area contributed by atoms with Gasteiger partial charge in [0.25, 0.3) is 0 Å². The van der Waals surface area contributed by atoms with E-state index in [0.717, 1.165) is 65.0 Å². The monoisotopic (exact) mass is 375 g/mol. The van der Waals surface area contributed by atoms with E-state index < -0.39 is 5.60 Å². The topological polar surface area (TPSA) is 79.7 Å². The molecule has 0 unspecified atom stereocenters. The van der Waals surface area contributed by atoms with E-state index in [9.17, 15) is 5.11 Å². The van der Waals surface area contributed by atoms with Crippen molar-refractivity contribution in [2.75, 3.05) is 18.0 Å². The van der Waals surface area contributed by atoms with Crippen molar-refractivity contribution in [3.8, 4) is 0 Å². The average molecular weight is 375 g/mol. The molecule has 0 aliphatic carbocycles. The van der Waals surface area contributed by atoms with Crippen molar-refractivity contribution in [2.24, 2.45) is 5.73 Å². The third kappa shape index (κ3) is 2.72. The SMILES string of the molecule is CC(C)(O)c1cc2ccc(N3CCC[C@H](N)C3)nc2n2c1nc1ccccc12. The first kappa shape index (κ1) is 17.4. The number of imidazole rings is 1. The van der Waals surface area contributed by atoms with E-state index in [4.69, 9.17) is 15.7 Å². The van der Waals surface area contributed by atoms with Gasteiger partial charge in [0.1, 0.15) is 17.1 Å². The molecular weight excluding hydrogens is 350 g/mol. The number of pyridine rings is 2. The largest absolute Gasteiger partial charge is 0.386 e. The Labute approximate surface area is 163 Å². The van der Waals surface area contributed by atoms with Crippen LogP contribution in [-0.4, -0.2) is 38.6 Å². The van der Waals surface area contributed by atoms with E-state index in [1.54, 1.807) is 13.8 Å². The molecule has 1 aliphatic heterocycles. The number of piperidine rings is 1. The Hall–Kier alpha value is -2.70. The second-order valence-electron chi connectivity index (χ2n) is 8.31. The van der Waals surface area contributed by atoms with Crippen LogP contribution in [-0.2, 0) is 5.60 Å². The maximum atomic E-state index is 10.8. The van der Waals surface area contributed by atoms with Crippen molar-refractivity contribution in [1.29, 1.82) is 0 Å². The molecule has 0 bridgehead atoms. The molecule has 6 heteroatoms. The van der Waals surface area contributed by atoms with Crippen LogP contribution in [0.5, 0.6) is 0 Å². The predicted molar refractivity (Wildman–Crippen MR) is 113 cm³/mol. The Morgan fingerprint density at radius 3 is 2.71 bits per heavy atom. The molecule has 3 N–H and O–H groups in total. The van der Waals surface area contributed by atoms with Crippen LogP contribution < -0.4 is 10.6 Å². The van der Waals surface area contributed by atoms with Crippen LogP contribution in [0.4, 0.5) is 5.82 Å². The van der Waals surface area contributed by atoms with Gasteiger partial charge in [0, 0.05) is 30.1 Å². The van der Waals surface area contributed by atoms with Crippen LogP contribution in [0.2, 0.25) is 0 Å². The summed E-state index contributed by atoms with van der Waals surface area (Å²) in [6, 6.07) is 14.4. The normalized spacial score (nSPS) is 18.4. The molecule has 1 aliphatic rings. The number of benzene rings is 1. The number of aliphatic hydroxyl groups is 1. The van der Waals surface area contributed by atoms with Gasteiger partial charge in [-0.3, -0.25) is 4.40 Å². The molecule has 144 valence electrons. The lowest BCUT2D eigenvalue weighted by molar-refractivity contribution is 0.0798. The fraction of sp³-hybridized carbons (Fsp3) is 0.364. The van der Waals surface area contributed by atoms with E-state index in [1.165, 1.54) is 0 Å². The Balaban J connectivity index is 1.82. The van der Waals surface area contributed by atoms with Crippen molar-refractivity contribution in [1.82, 2.24) is 14.4 Å². The number of anilines is 1.